The van der Waals surface area contributed by atoms with Crippen LogP contribution in [-0.2, 0) is 0 Å². The molecule has 0 radical (unpaired) electrons. The first-order valence-corrected chi connectivity index (χ1v) is 5.89. The number of rotatable bonds is 6. The minimum atomic E-state index is 0.465. The van der Waals surface area contributed by atoms with Gasteiger partial charge in [0.15, 0.2) is 11.5 Å². The van der Waals surface area contributed by atoms with Crippen LogP contribution in [0, 0.1) is 0 Å². The van der Waals surface area contributed by atoms with E-state index in [4.69, 9.17) is 21.1 Å². The van der Waals surface area contributed by atoms with E-state index in [1.807, 2.05) is 31.2 Å². The van der Waals surface area contributed by atoms with Gasteiger partial charge in [0.2, 0.25) is 0 Å². The molecule has 0 N–H and O–H groups in total. The van der Waals surface area contributed by atoms with Gasteiger partial charge >= 0.3 is 0 Å². The molecule has 0 saturated carbocycles. The molecule has 1 aromatic carbocycles. The predicted octanol–water partition coefficient (Wildman–Crippen LogP) is 3.90. The third-order valence-electron chi connectivity index (χ3n) is 2.17. The summed E-state index contributed by atoms with van der Waals surface area (Å²) in [5, 5.41) is 0. The average Bonchev–Trinajstić information content (AvgIpc) is 2.36. The number of methoxy groups -OCH3 is 1. The van der Waals surface area contributed by atoms with Gasteiger partial charge in [0.05, 0.1) is 7.11 Å². The van der Waals surface area contributed by atoms with E-state index in [-0.39, 0.29) is 0 Å². The van der Waals surface area contributed by atoms with Gasteiger partial charge in [0.1, 0.15) is 6.61 Å². The lowest BCUT2D eigenvalue weighted by Gasteiger charge is -2.10. The molecule has 0 bridgehead atoms. The zero-order valence-electron chi connectivity index (χ0n) is 10.2. The molecule has 17 heavy (non-hydrogen) atoms. The maximum atomic E-state index is 5.74. The van der Waals surface area contributed by atoms with E-state index in [9.17, 15) is 0 Å². The molecule has 0 unspecified atom stereocenters. The Labute approximate surface area is 108 Å². The van der Waals surface area contributed by atoms with Crippen molar-refractivity contribution in [2.24, 2.45) is 0 Å². The first-order valence-electron chi connectivity index (χ1n) is 5.36. The normalized spacial score (nSPS) is 11.1. The molecule has 0 spiro atoms. The SMILES string of the molecule is C=CCOc1ccc(C=C(C)CCl)cc1OC. The molecule has 1 aromatic rings. The van der Waals surface area contributed by atoms with Crippen molar-refractivity contribution in [3.8, 4) is 11.5 Å². The molecular formula is C14H17ClO2. The summed E-state index contributed by atoms with van der Waals surface area (Å²) >= 11 is 5.74. The minimum absolute atomic E-state index is 0.465. The monoisotopic (exact) mass is 252 g/mol. The van der Waals surface area contributed by atoms with E-state index in [0.29, 0.717) is 24.0 Å². The lowest BCUT2D eigenvalue weighted by Crippen LogP contribution is -1.96. The van der Waals surface area contributed by atoms with Crippen molar-refractivity contribution in [1.29, 1.82) is 0 Å². The van der Waals surface area contributed by atoms with Gasteiger partial charge in [-0.25, -0.2) is 0 Å². The van der Waals surface area contributed by atoms with Crippen LogP contribution < -0.4 is 9.47 Å². The number of allylic oxidation sites excluding steroid dienone is 1. The van der Waals surface area contributed by atoms with E-state index in [2.05, 4.69) is 6.58 Å². The zero-order valence-corrected chi connectivity index (χ0v) is 11.0. The Balaban J connectivity index is 2.95. The summed E-state index contributed by atoms with van der Waals surface area (Å²) in [6.45, 7) is 6.06. The van der Waals surface area contributed by atoms with Crippen molar-refractivity contribution < 1.29 is 9.47 Å². The van der Waals surface area contributed by atoms with Crippen LogP contribution >= 0.6 is 11.6 Å². The van der Waals surface area contributed by atoms with E-state index in [0.717, 1.165) is 11.1 Å². The third-order valence-corrected chi connectivity index (χ3v) is 2.59. The highest BCUT2D eigenvalue weighted by Gasteiger charge is 2.04. The van der Waals surface area contributed by atoms with Gasteiger partial charge in [0.25, 0.3) is 0 Å². The molecule has 0 aromatic heterocycles. The van der Waals surface area contributed by atoms with Gasteiger partial charge in [-0.2, -0.15) is 0 Å². The van der Waals surface area contributed by atoms with Crippen LogP contribution in [0.4, 0.5) is 0 Å². The summed E-state index contributed by atoms with van der Waals surface area (Å²) in [6, 6.07) is 5.78. The Kier molecular flexibility index (Phi) is 5.64. The number of halogens is 1. The summed E-state index contributed by atoms with van der Waals surface area (Å²) in [7, 11) is 1.62. The Morgan fingerprint density at radius 1 is 1.41 bits per heavy atom. The van der Waals surface area contributed by atoms with Gasteiger partial charge in [0, 0.05) is 5.88 Å². The fraction of sp³-hybridized carbons (Fsp3) is 0.286. The molecule has 0 aliphatic heterocycles. The quantitative estimate of drug-likeness (QED) is 0.565. The van der Waals surface area contributed by atoms with E-state index in [1.165, 1.54) is 0 Å². The van der Waals surface area contributed by atoms with Crippen molar-refractivity contribution in [3.05, 3.63) is 42.0 Å². The van der Waals surface area contributed by atoms with Crippen LogP contribution in [0.25, 0.3) is 6.08 Å². The molecule has 3 heteroatoms. The van der Waals surface area contributed by atoms with Crippen molar-refractivity contribution in [2.75, 3.05) is 19.6 Å². The molecule has 1 rings (SSSR count). The third kappa shape index (κ3) is 4.16. The number of benzene rings is 1. The van der Waals surface area contributed by atoms with E-state index >= 15 is 0 Å². The van der Waals surface area contributed by atoms with E-state index in [1.54, 1.807) is 13.2 Å². The highest BCUT2D eigenvalue weighted by Crippen LogP contribution is 2.28. The first-order chi connectivity index (χ1) is 8.21. The molecule has 0 amide bonds. The Hall–Kier alpha value is -1.41. The van der Waals surface area contributed by atoms with Crippen molar-refractivity contribution in [2.45, 2.75) is 6.92 Å². The predicted molar refractivity (Wildman–Crippen MR) is 73.1 cm³/mol. The maximum absolute atomic E-state index is 5.74. The fourth-order valence-corrected chi connectivity index (χ4v) is 1.44. The van der Waals surface area contributed by atoms with Crippen molar-refractivity contribution in [1.82, 2.24) is 0 Å². The Morgan fingerprint density at radius 2 is 2.18 bits per heavy atom. The molecule has 0 atom stereocenters. The molecular weight excluding hydrogens is 236 g/mol. The number of ether oxygens (including phenoxy) is 2. The highest BCUT2D eigenvalue weighted by atomic mass is 35.5. The van der Waals surface area contributed by atoms with Crippen molar-refractivity contribution in [3.63, 3.8) is 0 Å². The van der Waals surface area contributed by atoms with Gasteiger partial charge in [-0.05, 0) is 24.6 Å². The van der Waals surface area contributed by atoms with Gasteiger partial charge in [-0.1, -0.05) is 30.4 Å². The summed E-state index contributed by atoms with van der Waals surface area (Å²) in [4.78, 5) is 0. The molecule has 0 aliphatic rings. The molecule has 0 aliphatic carbocycles. The van der Waals surface area contributed by atoms with Crippen molar-refractivity contribution >= 4 is 17.7 Å². The summed E-state index contributed by atoms with van der Waals surface area (Å²) in [5.74, 6) is 1.95. The number of alkyl halides is 1. The molecule has 92 valence electrons. The van der Waals surface area contributed by atoms with Gasteiger partial charge in [-0.3, -0.25) is 0 Å². The van der Waals surface area contributed by atoms with Crippen LogP contribution in [0.15, 0.2) is 36.4 Å². The molecule has 0 fully saturated rings. The lowest BCUT2D eigenvalue weighted by molar-refractivity contribution is 0.326. The first kappa shape index (κ1) is 13.7. The largest absolute Gasteiger partial charge is 0.493 e. The highest BCUT2D eigenvalue weighted by molar-refractivity contribution is 6.19. The summed E-state index contributed by atoms with van der Waals surface area (Å²) < 4.78 is 10.8. The lowest BCUT2D eigenvalue weighted by atomic mass is 10.1. The fourth-order valence-electron chi connectivity index (χ4n) is 1.36. The van der Waals surface area contributed by atoms with Crippen LogP contribution in [0.1, 0.15) is 12.5 Å². The molecule has 2 nitrogen and oxygen atoms in total. The van der Waals surface area contributed by atoms with Crippen LogP contribution in [-0.4, -0.2) is 19.6 Å². The number of hydrogen-bond acceptors (Lipinski definition) is 2. The smallest absolute Gasteiger partial charge is 0.161 e. The van der Waals surface area contributed by atoms with Crippen LogP contribution in [0.3, 0.4) is 0 Å². The van der Waals surface area contributed by atoms with E-state index < -0.39 is 0 Å². The second-order valence-corrected chi connectivity index (χ2v) is 3.90. The second-order valence-electron chi connectivity index (χ2n) is 3.63. The molecule has 0 heterocycles. The zero-order chi connectivity index (χ0) is 12.7. The molecule has 0 saturated heterocycles. The average molecular weight is 253 g/mol. The van der Waals surface area contributed by atoms with Gasteiger partial charge < -0.3 is 9.47 Å². The summed E-state index contributed by atoms with van der Waals surface area (Å²) in [6.07, 6.45) is 3.72. The van der Waals surface area contributed by atoms with Crippen LogP contribution in [0.5, 0.6) is 11.5 Å². The Morgan fingerprint density at radius 3 is 2.76 bits per heavy atom. The minimum Gasteiger partial charge on any atom is -0.493 e. The topological polar surface area (TPSA) is 18.5 Å². The summed E-state index contributed by atoms with van der Waals surface area (Å²) in [5.41, 5.74) is 2.15. The maximum Gasteiger partial charge on any atom is 0.161 e. The standard InChI is InChI=1S/C14H17ClO2/c1-4-7-17-13-6-5-12(8-11(2)10-15)9-14(13)16-3/h4-6,8-9H,1,7,10H2,2-3H3. The van der Waals surface area contributed by atoms with Gasteiger partial charge in [-0.15, -0.1) is 11.6 Å². The number of hydrogen-bond donors (Lipinski definition) is 0. The Bertz CT molecular complexity index is 411. The van der Waals surface area contributed by atoms with Crippen LogP contribution in [0.2, 0.25) is 0 Å². The second kappa shape index (κ2) is 7.02.